The highest BCUT2D eigenvalue weighted by atomic mass is 79.9. The third-order valence-corrected chi connectivity index (χ3v) is 6.08. The first kappa shape index (κ1) is 16.7. The Morgan fingerprint density at radius 3 is 2.90 bits per heavy atom. The summed E-state index contributed by atoms with van der Waals surface area (Å²) in [4.78, 5) is -0.0613. The van der Waals surface area contributed by atoms with Crippen LogP contribution in [-0.4, -0.2) is 39.5 Å². The Hall–Kier alpha value is -0.700. The molecule has 1 aliphatic heterocycles. The van der Waals surface area contributed by atoms with Crippen LogP contribution in [0.3, 0.4) is 0 Å². The van der Waals surface area contributed by atoms with E-state index in [-0.39, 0.29) is 21.0 Å². The van der Waals surface area contributed by atoms with E-state index in [0.717, 1.165) is 18.9 Å². The second kappa shape index (κ2) is 6.60. The summed E-state index contributed by atoms with van der Waals surface area (Å²) < 4.78 is 45.4. The summed E-state index contributed by atoms with van der Waals surface area (Å²) >= 11 is 3.00. The lowest BCUT2D eigenvalue weighted by Gasteiger charge is -2.31. The molecule has 8 heteroatoms. The maximum atomic E-state index is 13.4. The summed E-state index contributed by atoms with van der Waals surface area (Å²) in [6.07, 6.45) is 1.71. The molecule has 0 bridgehead atoms. The molecule has 1 fully saturated rings. The quantitative estimate of drug-likeness (QED) is 0.812. The van der Waals surface area contributed by atoms with Crippen LogP contribution in [0.2, 0.25) is 0 Å². The van der Waals surface area contributed by atoms with Gasteiger partial charge < -0.3 is 10.5 Å². The van der Waals surface area contributed by atoms with Crippen molar-refractivity contribution in [2.45, 2.75) is 17.7 Å². The predicted octanol–water partition coefficient (Wildman–Crippen LogP) is 2.22. The van der Waals surface area contributed by atoms with Gasteiger partial charge in [0.25, 0.3) is 0 Å². The summed E-state index contributed by atoms with van der Waals surface area (Å²) in [6.45, 7) is 1.36. The largest absolute Gasteiger partial charge is 0.398 e. The Morgan fingerprint density at radius 2 is 2.24 bits per heavy atom. The van der Waals surface area contributed by atoms with Crippen LogP contribution in [0.4, 0.5) is 10.1 Å². The smallest absolute Gasteiger partial charge is 0.245 e. The van der Waals surface area contributed by atoms with Gasteiger partial charge in [0.2, 0.25) is 10.0 Å². The molecule has 0 saturated carbocycles. The minimum atomic E-state index is -3.73. The number of hydrogen-bond donors (Lipinski definition) is 1. The standard InChI is InChI=1S/C13H18BrFN2O3S/c1-20-8-9-3-2-4-17(7-9)21(18,19)13-5-10(14)11(15)6-12(13)16/h5-6,9H,2-4,7-8,16H2,1H3. The highest BCUT2D eigenvalue weighted by molar-refractivity contribution is 9.10. The zero-order chi connectivity index (χ0) is 15.6. The topological polar surface area (TPSA) is 72.6 Å². The van der Waals surface area contributed by atoms with Crippen LogP contribution in [0.15, 0.2) is 21.5 Å². The molecule has 2 rings (SSSR count). The number of nitrogens with zero attached hydrogens (tertiary/aromatic N) is 1. The lowest BCUT2D eigenvalue weighted by Crippen LogP contribution is -2.41. The van der Waals surface area contributed by atoms with Crippen molar-refractivity contribution in [3.63, 3.8) is 0 Å². The average molecular weight is 381 g/mol. The van der Waals surface area contributed by atoms with E-state index >= 15 is 0 Å². The fraction of sp³-hybridized carbons (Fsp3) is 0.538. The number of halogens is 2. The van der Waals surface area contributed by atoms with Crippen LogP contribution in [-0.2, 0) is 14.8 Å². The van der Waals surface area contributed by atoms with Crippen molar-refractivity contribution in [1.82, 2.24) is 4.31 Å². The number of hydrogen-bond acceptors (Lipinski definition) is 4. The Kier molecular flexibility index (Phi) is 5.24. The Morgan fingerprint density at radius 1 is 1.52 bits per heavy atom. The van der Waals surface area contributed by atoms with Crippen molar-refractivity contribution < 1.29 is 17.5 Å². The number of piperidine rings is 1. The van der Waals surface area contributed by atoms with E-state index < -0.39 is 15.8 Å². The van der Waals surface area contributed by atoms with Gasteiger partial charge in [-0.1, -0.05) is 0 Å². The predicted molar refractivity (Wildman–Crippen MR) is 81.9 cm³/mol. The Balaban J connectivity index is 2.31. The summed E-state index contributed by atoms with van der Waals surface area (Å²) in [5, 5.41) is 0. The molecular formula is C13H18BrFN2O3S. The summed E-state index contributed by atoms with van der Waals surface area (Å²) in [6, 6.07) is 2.24. The molecule has 118 valence electrons. The summed E-state index contributed by atoms with van der Waals surface area (Å²) in [5.74, 6) is -0.411. The van der Waals surface area contributed by atoms with Gasteiger partial charge in [-0.05, 0) is 46.8 Å². The molecule has 1 heterocycles. The Bertz CT molecular complexity index is 622. The van der Waals surface area contributed by atoms with Crippen LogP contribution in [0.1, 0.15) is 12.8 Å². The molecule has 1 unspecified atom stereocenters. The van der Waals surface area contributed by atoms with Crippen molar-refractivity contribution in [1.29, 1.82) is 0 Å². The fourth-order valence-corrected chi connectivity index (χ4v) is 4.70. The van der Waals surface area contributed by atoms with Crippen LogP contribution >= 0.6 is 15.9 Å². The lowest BCUT2D eigenvalue weighted by molar-refractivity contribution is 0.118. The zero-order valence-corrected chi connectivity index (χ0v) is 14.1. The van der Waals surface area contributed by atoms with E-state index in [1.165, 1.54) is 10.4 Å². The van der Waals surface area contributed by atoms with Crippen molar-refractivity contribution in [2.75, 3.05) is 32.5 Å². The molecule has 1 atom stereocenters. The van der Waals surface area contributed by atoms with Crippen molar-refractivity contribution in [3.8, 4) is 0 Å². The van der Waals surface area contributed by atoms with E-state index in [2.05, 4.69) is 15.9 Å². The number of methoxy groups -OCH3 is 1. The van der Waals surface area contributed by atoms with E-state index in [1.807, 2.05) is 0 Å². The number of nitrogen functional groups attached to an aromatic ring is 1. The molecule has 0 aromatic heterocycles. The third-order valence-electron chi connectivity index (χ3n) is 3.55. The molecule has 0 aliphatic carbocycles. The van der Waals surface area contributed by atoms with E-state index in [1.54, 1.807) is 7.11 Å². The van der Waals surface area contributed by atoms with Gasteiger partial charge in [0.15, 0.2) is 0 Å². The normalized spacial score (nSPS) is 20.6. The molecule has 5 nitrogen and oxygen atoms in total. The first-order valence-electron chi connectivity index (χ1n) is 6.60. The number of anilines is 1. The molecule has 0 amide bonds. The first-order chi connectivity index (χ1) is 9.86. The van der Waals surface area contributed by atoms with Gasteiger partial charge in [-0.2, -0.15) is 4.31 Å². The molecule has 1 aromatic rings. The minimum Gasteiger partial charge on any atom is -0.398 e. The highest BCUT2D eigenvalue weighted by Gasteiger charge is 2.32. The van der Waals surface area contributed by atoms with Gasteiger partial charge in [0.05, 0.1) is 16.8 Å². The van der Waals surface area contributed by atoms with Crippen molar-refractivity contribution in [2.24, 2.45) is 5.92 Å². The molecule has 1 aromatic carbocycles. The first-order valence-corrected chi connectivity index (χ1v) is 8.83. The van der Waals surface area contributed by atoms with Gasteiger partial charge in [0, 0.05) is 20.2 Å². The lowest BCUT2D eigenvalue weighted by atomic mass is 10.0. The maximum absolute atomic E-state index is 13.4. The monoisotopic (exact) mass is 380 g/mol. The van der Waals surface area contributed by atoms with Gasteiger partial charge in [-0.3, -0.25) is 0 Å². The zero-order valence-electron chi connectivity index (χ0n) is 11.7. The molecule has 0 spiro atoms. The Labute approximate surface area is 132 Å². The molecule has 0 radical (unpaired) electrons. The summed E-state index contributed by atoms with van der Waals surface area (Å²) in [5.41, 5.74) is 5.61. The van der Waals surface area contributed by atoms with E-state index in [4.69, 9.17) is 10.5 Å². The summed E-state index contributed by atoms with van der Waals surface area (Å²) in [7, 11) is -2.13. The van der Waals surface area contributed by atoms with Gasteiger partial charge in [0.1, 0.15) is 10.7 Å². The third kappa shape index (κ3) is 3.56. The highest BCUT2D eigenvalue weighted by Crippen LogP contribution is 2.30. The molecular weight excluding hydrogens is 363 g/mol. The van der Waals surface area contributed by atoms with E-state index in [9.17, 15) is 12.8 Å². The number of sulfonamides is 1. The van der Waals surface area contributed by atoms with Gasteiger partial charge >= 0.3 is 0 Å². The van der Waals surface area contributed by atoms with Gasteiger partial charge in [-0.25, -0.2) is 12.8 Å². The fourth-order valence-electron chi connectivity index (χ4n) is 2.52. The number of ether oxygens (including phenoxy) is 1. The van der Waals surface area contributed by atoms with Crippen LogP contribution in [0, 0.1) is 11.7 Å². The average Bonchev–Trinajstić information content (AvgIpc) is 2.43. The number of benzene rings is 1. The number of nitrogens with two attached hydrogens (primary N) is 1. The molecule has 1 aliphatic rings. The van der Waals surface area contributed by atoms with Crippen LogP contribution in [0.25, 0.3) is 0 Å². The molecule has 1 saturated heterocycles. The van der Waals surface area contributed by atoms with E-state index in [0.29, 0.717) is 19.7 Å². The number of rotatable bonds is 4. The van der Waals surface area contributed by atoms with Crippen molar-refractivity contribution in [3.05, 3.63) is 22.4 Å². The van der Waals surface area contributed by atoms with Crippen LogP contribution in [0.5, 0.6) is 0 Å². The van der Waals surface area contributed by atoms with Crippen molar-refractivity contribution >= 4 is 31.6 Å². The SMILES string of the molecule is COCC1CCCN(S(=O)(=O)c2cc(Br)c(F)cc2N)C1. The second-order valence-corrected chi connectivity index (χ2v) is 7.89. The second-order valence-electron chi connectivity index (χ2n) is 5.13. The van der Waals surface area contributed by atoms with Crippen LogP contribution < -0.4 is 5.73 Å². The minimum absolute atomic E-state index is 0.0613. The van der Waals surface area contributed by atoms with Gasteiger partial charge in [-0.15, -0.1) is 0 Å². The molecule has 21 heavy (non-hydrogen) atoms. The molecule has 2 N–H and O–H groups in total. The maximum Gasteiger partial charge on any atom is 0.245 e.